The topological polar surface area (TPSA) is 93.1 Å². The van der Waals surface area contributed by atoms with Crippen LogP contribution in [0.25, 0.3) is 5.69 Å². The summed E-state index contributed by atoms with van der Waals surface area (Å²) in [6, 6.07) is 15.9. The average molecular weight is 413 g/mol. The summed E-state index contributed by atoms with van der Waals surface area (Å²) in [4.78, 5) is 12.6. The molecule has 2 aromatic carbocycles. The van der Waals surface area contributed by atoms with Gasteiger partial charge in [-0.05, 0) is 50.6 Å². The first-order valence-electron chi connectivity index (χ1n) is 9.16. The lowest BCUT2D eigenvalue weighted by atomic mass is 10.1. The van der Waals surface area contributed by atoms with Gasteiger partial charge in [0.1, 0.15) is 4.90 Å². The minimum atomic E-state index is -3.78. The predicted molar refractivity (Wildman–Crippen MR) is 112 cm³/mol. The van der Waals surface area contributed by atoms with E-state index in [-0.39, 0.29) is 22.9 Å². The molecule has 0 unspecified atom stereocenters. The van der Waals surface area contributed by atoms with Crippen molar-refractivity contribution in [2.75, 3.05) is 5.32 Å². The van der Waals surface area contributed by atoms with Crippen LogP contribution < -0.4 is 10.0 Å². The predicted octanol–water partition coefficient (Wildman–Crippen LogP) is 3.13. The van der Waals surface area contributed by atoms with Crippen LogP contribution in [0.4, 0.5) is 5.69 Å². The van der Waals surface area contributed by atoms with Crippen LogP contribution in [-0.2, 0) is 21.2 Å². The average Bonchev–Trinajstić information content (AvgIpc) is 3.09. The number of aromatic nitrogens is 2. The molecule has 152 valence electrons. The monoisotopic (exact) mass is 412 g/mol. The van der Waals surface area contributed by atoms with Gasteiger partial charge in [0, 0.05) is 11.7 Å². The highest BCUT2D eigenvalue weighted by Crippen LogP contribution is 2.22. The Hall–Kier alpha value is -2.97. The molecule has 0 radical (unpaired) electrons. The lowest BCUT2D eigenvalue weighted by Crippen LogP contribution is -2.40. The van der Waals surface area contributed by atoms with Gasteiger partial charge < -0.3 is 5.32 Å². The van der Waals surface area contributed by atoms with Gasteiger partial charge in [0.2, 0.25) is 15.9 Å². The molecule has 1 heterocycles. The fourth-order valence-electron chi connectivity index (χ4n) is 2.82. The minimum Gasteiger partial charge on any atom is -0.325 e. The maximum atomic E-state index is 12.7. The molecule has 1 aromatic heterocycles. The summed E-state index contributed by atoms with van der Waals surface area (Å²) in [5, 5.41) is 6.98. The largest absolute Gasteiger partial charge is 0.325 e. The molecule has 1 amide bonds. The zero-order chi connectivity index (χ0) is 21.1. The van der Waals surface area contributed by atoms with E-state index in [1.807, 2.05) is 30.3 Å². The van der Waals surface area contributed by atoms with E-state index < -0.39 is 15.6 Å². The van der Waals surface area contributed by atoms with Gasteiger partial charge in [0.25, 0.3) is 0 Å². The lowest BCUT2D eigenvalue weighted by Gasteiger charge is -2.21. The molecule has 0 aliphatic rings. The number of benzene rings is 2. The fraction of sp³-hybridized carbons (Fsp3) is 0.238. The molecular weight excluding hydrogens is 388 g/mol. The van der Waals surface area contributed by atoms with Crippen molar-refractivity contribution in [2.45, 2.75) is 37.6 Å². The molecule has 3 rings (SSSR count). The molecule has 0 aliphatic heterocycles. The second-order valence-corrected chi connectivity index (χ2v) is 9.36. The first-order chi connectivity index (χ1) is 13.6. The summed E-state index contributed by atoms with van der Waals surface area (Å²) in [5.41, 5.74) is 1.22. The third-order valence-corrected chi connectivity index (χ3v) is 5.73. The summed E-state index contributed by atoms with van der Waals surface area (Å²) in [7, 11) is -3.78. The van der Waals surface area contributed by atoms with Crippen LogP contribution in [0.2, 0.25) is 0 Å². The first kappa shape index (κ1) is 20.8. The number of amides is 1. The van der Waals surface area contributed by atoms with E-state index in [1.165, 1.54) is 6.07 Å². The molecule has 0 spiro atoms. The van der Waals surface area contributed by atoms with Crippen molar-refractivity contribution < 1.29 is 13.2 Å². The normalized spacial score (nSPS) is 12.0. The molecule has 2 N–H and O–H groups in total. The number of nitrogens with zero attached hydrogens (tertiary/aromatic N) is 2. The Kier molecular flexibility index (Phi) is 5.86. The minimum absolute atomic E-state index is 0.0308. The van der Waals surface area contributed by atoms with Crippen molar-refractivity contribution in [3.8, 4) is 5.69 Å². The Bertz CT molecular complexity index is 1100. The Morgan fingerprint density at radius 3 is 2.38 bits per heavy atom. The number of anilines is 1. The van der Waals surface area contributed by atoms with Crippen LogP contribution >= 0.6 is 0 Å². The van der Waals surface area contributed by atoms with Crippen molar-refractivity contribution in [3.05, 3.63) is 72.6 Å². The molecule has 8 heteroatoms. The molecule has 29 heavy (non-hydrogen) atoms. The van der Waals surface area contributed by atoms with E-state index in [0.29, 0.717) is 0 Å². The lowest BCUT2D eigenvalue weighted by molar-refractivity contribution is -0.115. The summed E-state index contributed by atoms with van der Waals surface area (Å²) in [6.07, 6.45) is 3.48. The molecule has 3 aromatic rings. The Labute approximate surface area is 170 Å². The van der Waals surface area contributed by atoms with Crippen molar-refractivity contribution in [1.29, 1.82) is 0 Å². The fourth-order valence-corrected chi connectivity index (χ4v) is 4.40. The molecule has 0 aliphatic carbocycles. The van der Waals surface area contributed by atoms with Gasteiger partial charge in [-0.15, -0.1) is 0 Å². The molecule has 7 nitrogen and oxygen atoms in total. The highest BCUT2D eigenvalue weighted by atomic mass is 32.2. The van der Waals surface area contributed by atoms with Gasteiger partial charge >= 0.3 is 0 Å². The Morgan fingerprint density at radius 2 is 1.69 bits per heavy atom. The zero-order valence-corrected chi connectivity index (χ0v) is 17.4. The highest BCUT2D eigenvalue weighted by molar-refractivity contribution is 7.89. The molecule has 0 fully saturated rings. The third kappa shape index (κ3) is 5.52. The van der Waals surface area contributed by atoms with Crippen molar-refractivity contribution in [3.63, 3.8) is 0 Å². The van der Waals surface area contributed by atoms with Crippen molar-refractivity contribution >= 4 is 21.6 Å². The van der Waals surface area contributed by atoms with Crippen LogP contribution in [0, 0.1) is 0 Å². The standard InChI is InChI=1S/C21H24N4O3S/c1-21(2,3)24-29(27,28)19-12-8-7-11-18(19)23-20(26)13-16-14-22-25(15-16)17-9-5-4-6-10-17/h4-12,14-15,24H,13H2,1-3H3,(H,23,26). The molecular formula is C21H24N4O3S. The number of hydrogen-bond acceptors (Lipinski definition) is 4. The van der Waals surface area contributed by atoms with Crippen molar-refractivity contribution in [1.82, 2.24) is 14.5 Å². The van der Waals surface area contributed by atoms with Gasteiger partial charge in [-0.2, -0.15) is 5.10 Å². The van der Waals surface area contributed by atoms with E-state index >= 15 is 0 Å². The number of rotatable bonds is 6. The zero-order valence-electron chi connectivity index (χ0n) is 16.6. The Morgan fingerprint density at radius 1 is 1.03 bits per heavy atom. The second kappa shape index (κ2) is 8.18. The second-order valence-electron chi connectivity index (χ2n) is 7.71. The van der Waals surface area contributed by atoms with Crippen molar-refractivity contribution in [2.24, 2.45) is 0 Å². The number of hydrogen-bond donors (Lipinski definition) is 2. The quantitative estimate of drug-likeness (QED) is 0.650. The smallest absolute Gasteiger partial charge is 0.243 e. The van der Waals surface area contributed by atoms with E-state index in [1.54, 1.807) is 56.0 Å². The molecule has 0 saturated carbocycles. The summed E-state index contributed by atoms with van der Waals surface area (Å²) in [5.74, 6) is -0.323. The summed E-state index contributed by atoms with van der Waals surface area (Å²) >= 11 is 0. The van der Waals surface area contributed by atoms with Crippen LogP contribution in [0.15, 0.2) is 71.9 Å². The first-order valence-corrected chi connectivity index (χ1v) is 10.6. The Balaban J connectivity index is 1.75. The summed E-state index contributed by atoms with van der Waals surface area (Å²) < 4.78 is 29.7. The SMILES string of the molecule is CC(C)(C)NS(=O)(=O)c1ccccc1NC(=O)Cc1cnn(-c2ccccc2)c1. The van der Waals surface area contributed by atoms with E-state index in [2.05, 4.69) is 15.1 Å². The maximum absolute atomic E-state index is 12.7. The van der Waals surface area contributed by atoms with E-state index in [9.17, 15) is 13.2 Å². The molecule has 0 saturated heterocycles. The number of para-hydroxylation sites is 2. The molecule has 0 bridgehead atoms. The van der Waals surface area contributed by atoms with Crippen LogP contribution in [0.3, 0.4) is 0 Å². The number of nitrogens with one attached hydrogen (secondary N) is 2. The molecule has 0 atom stereocenters. The highest BCUT2D eigenvalue weighted by Gasteiger charge is 2.25. The van der Waals surface area contributed by atoms with Gasteiger partial charge in [0.05, 0.1) is 24.0 Å². The third-order valence-electron chi connectivity index (χ3n) is 3.91. The van der Waals surface area contributed by atoms with Gasteiger partial charge in [0.15, 0.2) is 0 Å². The van der Waals surface area contributed by atoms with Crippen LogP contribution in [-0.4, -0.2) is 29.6 Å². The summed E-state index contributed by atoms with van der Waals surface area (Å²) in [6.45, 7) is 5.28. The van der Waals surface area contributed by atoms with E-state index in [0.717, 1.165) is 11.3 Å². The van der Waals surface area contributed by atoms with Crippen LogP contribution in [0.1, 0.15) is 26.3 Å². The van der Waals surface area contributed by atoms with Crippen LogP contribution in [0.5, 0.6) is 0 Å². The van der Waals surface area contributed by atoms with Gasteiger partial charge in [-0.25, -0.2) is 17.8 Å². The number of carbonyl (C=O) groups is 1. The maximum Gasteiger partial charge on any atom is 0.243 e. The van der Waals surface area contributed by atoms with Gasteiger partial charge in [-0.3, -0.25) is 4.79 Å². The van der Waals surface area contributed by atoms with Gasteiger partial charge in [-0.1, -0.05) is 30.3 Å². The number of sulfonamides is 1. The number of carbonyl (C=O) groups excluding carboxylic acids is 1. The van der Waals surface area contributed by atoms with E-state index in [4.69, 9.17) is 0 Å².